The minimum atomic E-state index is 0.882. The average Bonchev–Trinajstić information content (AvgIpc) is 2.48. The summed E-state index contributed by atoms with van der Waals surface area (Å²) in [6.07, 6.45) is 13.3. The third-order valence-electron chi connectivity index (χ3n) is 4.62. The SMILES string of the molecule is CCCCCCCCCCCc1cc(N)c(C)c(C)c1N. The smallest absolute Gasteiger partial charge is 0.0380 e. The van der Waals surface area contributed by atoms with Crippen molar-refractivity contribution in [1.29, 1.82) is 0 Å². The summed E-state index contributed by atoms with van der Waals surface area (Å²) in [6, 6.07) is 2.07. The highest BCUT2D eigenvalue weighted by atomic mass is 14.6. The molecule has 1 rings (SSSR count). The first kappa shape index (κ1) is 17.9. The molecule has 1 aromatic rings. The van der Waals surface area contributed by atoms with Crippen molar-refractivity contribution in [3.8, 4) is 0 Å². The van der Waals surface area contributed by atoms with Gasteiger partial charge in [-0.25, -0.2) is 0 Å². The number of aryl methyl sites for hydroxylation is 1. The quantitative estimate of drug-likeness (QED) is 0.439. The number of benzene rings is 1. The van der Waals surface area contributed by atoms with E-state index in [0.717, 1.165) is 28.9 Å². The first-order valence-corrected chi connectivity index (χ1v) is 8.72. The molecule has 0 aliphatic rings. The monoisotopic (exact) mass is 290 g/mol. The Hall–Kier alpha value is -1.18. The van der Waals surface area contributed by atoms with Crippen LogP contribution in [0.1, 0.15) is 81.4 Å². The number of hydrogen-bond acceptors (Lipinski definition) is 2. The lowest BCUT2D eigenvalue weighted by atomic mass is 9.97. The summed E-state index contributed by atoms with van der Waals surface area (Å²) >= 11 is 0. The summed E-state index contributed by atoms with van der Waals surface area (Å²) in [5, 5.41) is 0. The van der Waals surface area contributed by atoms with E-state index in [1.54, 1.807) is 0 Å². The molecule has 21 heavy (non-hydrogen) atoms. The highest BCUT2D eigenvalue weighted by Gasteiger charge is 2.08. The molecule has 0 spiro atoms. The highest BCUT2D eigenvalue weighted by Crippen LogP contribution is 2.27. The van der Waals surface area contributed by atoms with Crippen LogP contribution in [0, 0.1) is 13.8 Å². The third-order valence-corrected chi connectivity index (χ3v) is 4.62. The molecule has 0 aromatic heterocycles. The van der Waals surface area contributed by atoms with Gasteiger partial charge in [0.2, 0.25) is 0 Å². The Bertz CT molecular complexity index is 424. The Morgan fingerprint density at radius 1 is 0.762 bits per heavy atom. The topological polar surface area (TPSA) is 52.0 Å². The normalized spacial score (nSPS) is 11.0. The number of nitrogens with two attached hydrogens (primary N) is 2. The molecule has 2 nitrogen and oxygen atoms in total. The van der Waals surface area contributed by atoms with Crippen LogP contribution in [0.3, 0.4) is 0 Å². The van der Waals surface area contributed by atoms with Gasteiger partial charge in [0.15, 0.2) is 0 Å². The van der Waals surface area contributed by atoms with Crippen molar-refractivity contribution >= 4 is 11.4 Å². The summed E-state index contributed by atoms with van der Waals surface area (Å²) in [4.78, 5) is 0. The van der Waals surface area contributed by atoms with E-state index < -0.39 is 0 Å². The predicted octanol–water partition coefficient (Wildman–Crippen LogP) is 5.54. The molecule has 0 bridgehead atoms. The van der Waals surface area contributed by atoms with Crippen LogP contribution in [0.4, 0.5) is 11.4 Å². The van der Waals surface area contributed by atoms with Gasteiger partial charge < -0.3 is 11.5 Å². The largest absolute Gasteiger partial charge is 0.398 e. The Morgan fingerprint density at radius 2 is 1.29 bits per heavy atom. The standard InChI is InChI=1S/C19H34N2/c1-4-5-6-7-8-9-10-11-12-13-17-14-18(20)15(2)16(3)19(17)21/h14H,4-13,20-21H2,1-3H3. The van der Waals surface area contributed by atoms with Crippen LogP contribution in [0.25, 0.3) is 0 Å². The first-order chi connectivity index (χ1) is 10.1. The summed E-state index contributed by atoms with van der Waals surface area (Å²) < 4.78 is 0. The molecule has 0 saturated carbocycles. The Balaban J connectivity index is 2.22. The molecule has 0 saturated heterocycles. The summed E-state index contributed by atoms with van der Waals surface area (Å²) in [6.45, 7) is 6.38. The number of hydrogen-bond donors (Lipinski definition) is 2. The van der Waals surface area contributed by atoms with E-state index >= 15 is 0 Å². The Kier molecular flexibility index (Phi) is 8.26. The molecular weight excluding hydrogens is 256 g/mol. The molecule has 4 N–H and O–H groups in total. The Labute approximate surface area is 131 Å². The van der Waals surface area contributed by atoms with E-state index in [1.165, 1.54) is 63.4 Å². The lowest BCUT2D eigenvalue weighted by Gasteiger charge is -2.13. The van der Waals surface area contributed by atoms with E-state index in [-0.39, 0.29) is 0 Å². The van der Waals surface area contributed by atoms with Gasteiger partial charge in [-0.2, -0.15) is 0 Å². The van der Waals surface area contributed by atoms with E-state index in [4.69, 9.17) is 11.5 Å². The van der Waals surface area contributed by atoms with Gasteiger partial charge in [-0.1, -0.05) is 58.3 Å². The summed E-state index contributed by atoms with van der Waals surface area (Å²) in [7, 11) is 0. The van der Waals surface area contributed by atoms with Crippen LogP contribution in [0.2, 0.25) is 0 Å². The molecule has 120 valence electrons. The van der Waals surface area contributed by atoms with E-state index in [1.807, 2.05) is 6.92 Å². The number of unbranched alkanes of at least 4 members (excludes halogenated alkanes) is 8. The number of nitrogen functional groups attached to an aromatic ring is 2. The van der Waals surface area contributed by atoms with E-state index in [2.05, 4.69) is 19.9 Å². The van der Waals surface area contributed by atoms with Gasteiger partial charge in [-0.05, 0) is 49.4 Å². The average molecular weight is 290 g/mol. The van der Waals surface area contributed by atoms with Crippen molar-refractivity contribution in [3.63, 3.8) is 0 Å². The molecule has 1 aromatic carbocycles. The lowest BCUT2D eigenvalue weighted by molar-refractivity contribution is 0.565. The Morgan fingerprint density at radius 3 is 1.86 bits per heavy atom. The van der Waals surface area contributed by atoms with Crippen molar-refractivity contribution in [2.75, 3.05) is 11.5 Å². The van der Waals surface area contributed by atoms with Crippen molar-refractivity contribution in [2.45, 2.75) is 85.0 Å². The van der Waals surface area contributed by atoms with Crippen molar-refractivity contribution in [2.24, 2.45) is 0 Å². The maximum Gasteiger partial charge on any atom is 0.0380 e. The van der Waals surface area contributed by atoms with Gasteiger partial charge in [0, 0.05) is 11.4 Å². The fourth-order valence-electron chi connectivity index (χ4n) is 2.87. The fraction of sp³-hybridized carbons (Fsp3) is 0.684. The molecule has 0 atom stereocenters. The van der Waals surface area contributed by atoms with Crippen LogP contribution in [-0.4, -0.2) is 0 Å². The molecule has 0 aliphatic carbocycles. The van der Waals surface area contributed by atoms with Crippen LogP contribution < -0.4 is 11.5 Å². The van der Waals surface area contributed by atoms with E-state index in [0.29, 0.717) is 0 Å². The minimum absolute atomic E-state index is 0.882. The molecule has 0 radical (unpaired) electrons. The molecule has 2 heteroatoms. The van der Waals surface area contributed by atoms with Crippen molar-refractivity contribution < 1.29 is 0 Å². The zero-order chi connectivity index (χ0) is 15.7. The van der Waals surface area contributed by atoms with Gasteiger partial charge in [0.1, 0.15) is 0 Å². The van der Waals surface area contributed by atoms with Gasteiger partial charge in [-0.3, -0.25) is 0 Å². The van der Waals surface area contributed by atoms with Crippen LogP contribution >= 0.6 is 0 Å². The predicted molar refractivity (Wildman–Crippen MR) is 95.7 cm³/mol. The fourth-order valence-corrected chi connectivity index (χ4v) is 2.87. The van der Waals surface area contributed by atoms with E-state index in [9.17, 15) is 0 Å². The van der Waals surface area contributed by atoms with Crippen molar-refractivity contribution in [3.05, 3.63) is 22.8 Å². The molecule has 0 aliphatic heterocycles. The van der Waals surface area contributed by atoms with Crippen LogP contribution in [0.5, 0.6) is 0 Å². The maximum absolute atomic E-state index is 6.21. The molecule has 0 heterocycles. The lowest BCUT2D eigenvalue weighted by Crippen LogP contribution is -2.03. The van der Waals surface area contributed by atoms with Gasteiger partial charge >= 0.3 is 0 Å². The zero-order valence-electron chi connectivity index (χ0n) is 14.3. The highest BCUT2D eigenvalue weighted by molar-refractivity contribution is 5.65. The first-order valence-electron chi connectivity index (χ1n) is 8.72. The molecule has 0 unspecified atom stereocenters. The number of anilines is 2. The van der Waals surface area contributed by atoms with Crippen molar-refractivity contribution in [1.82, 2.24) is 0 Å². The molecule has 0 fully saturated rings. The second-order valence-electron chi connectivity index (χ2n) is 6.37. The maximum atomic E-state index is 6.21. The second-order valence-corrected chi connectivity index (χ2v) is 6.37. The minimum Gasteiger partial charge on any atom is -0.398 e. The van der Waals surface area contributed by atoms with Gasteiger partial charge in [0.25, 0.3) is 0 Å². The van der Waals surface area contributed by atoms with Crippen LogP contribution in [0.15, 0.2) is 6.07 Å². The summed E-state index contributed by atoms with van der Waals surface area (Å²) in [5.41, 5.74) is 17.6. The third kappa shape index (κ3) is 5.99. The molecule has 0 amide bonds. The number of rotatable bonds is 10. The molecular formula is C19H34N2. The zero-order valence-corrected chi connectivity index (χ0v) is 14.3. The summed E-state index contributed by atoms with van der Waals surface area (Å²) in [5.74, 6) is 0. The van der Waals surface area contributed by atoms with Gasteiger partial charge in [-0.15, -0.1) is 0 Å². The second kappa shape index (κ2) is 9.70. The van der Waals surface area contributed by atoms with Gasteiger partial charge in [0.05, 0.1) is 0 Å². The van der Waals surface area contributed by atoms with Crippen LogP contribution in [-0.2, 0) is 6.42 Å².